The Morgan fingerprint density at radius 3 is 2.40 bits per heavy atom. The fourth-order valence-corrected chi connectivity index (χ4v) is 5.26. The summed E-state index contributed by atoms with van der Waals surface area (Å²) < 4.78 is 54.4. The maximum Gasteiger partial charge on any atom is 0.573 e. The van der Waals surface area contributed by atoms with Crippen LogP contribution in [0.5, 0.6) is 11.5 Å². The summed E-state index contributed by atoms with van der Waals surface area (Å²) >= 11 is 0. The number of carbonyl (C=O) groups excluding carboxylic acids is 1. The maximum absolute atomic E-state index is 14.0. The molecular weight excluding hydrogens is 591 g/mol. The van der Waals surface area contributed by atoms with Gasteiger partial charge in [0.15, 0.2) is 5.65 Å². The summed E-state index contributed by atoms with van der Waals surface area (Å²) in [6, 6.07) is 14.9. The Labute approximate surface area is 258 Å². The van der Waals surface area contributed by atoms with Crippen molar-refractivity contribution in [2.45, 2.75) is 32.7 Å². The summed E-state index contributed by atoms with van der Waals surface area (Å²) in [5, 5.41) is 0.328. The predicted molar refractivity (Wildman–Crippen MR) is 161 cm³/mol. The molecule has 2 aromatic carbocycles. The van der Waals surface area contributed by atoms with Crippen LogP contribution in [0.3, 0.4) is 0 Å². The van der Waals surface area contributed by atoms with Crippen LogP contribution in [-0.4, -0.2) is 82.6 Å². The Morgan fingerprint density at radius 1 is 1.04 bits per heavy atom. The summed E-state index contributed by atoms with van der Waals surface area (Å²) in [4.78, 5) is 40.8. The maximum atomic E-state index is 14.0. The second kappa shape index (κ2) is 14.1. The van der Waals surface area contributed by atoms with E-state index in [1.807, 2.05) is 6.92 Å². The third-order valence-corrected chi connectivity index (χ3v) is 7.51. The first kappa shape index (κ1) is 31.9. The standard InChI is InChI=1S/C32H34F3N5O5/c1-3-44-25-12-8-24(9-13-25)40-30(37-29-27(31(40)42)5-4-14-36-29)22(2)39(16-15-38-17-19-43-20-18-38)28(41)21-23-6-10-26(11-7-23)45-32(33,34)35/h4-14,22H,3,15-21H2,1-2H3. The van der Waals surface area contributed by atoms with Crippen molar-refractivity contribution in [1.29, 1.82) is 0 Å². The van der Waals surface area contributed by atoms with E-state index >= 15 is 0 Å². The van der Waals surface area contributed by atoms with E-state index in [1.54, 1.807) is 54.4 Å². The van der Waals surface area contributed by atoms with Crippen molar-refractivity contribution in [2.24, 2.45) is 0 Å². The van der Waals surface area contributed by atoms with Crippen LogP contribution in [0.2, 0.25) is 0 Å². The van der Waals surface area contributed by atoms with Gasteiger partial charge in [0.05, 0.1) is 43.4 Å². The predicted octanol–water partition coefficient (Wildman–Crippen LogP) is 4.54. The molecule has 0 radical (unpaired) electrons. The van der Waals surface area contributed by atoms with Crippen LogP contribution in [0.1, 0.15) is 31.3 Å². The number of fused-ring (bicyclic) bond motifs is 1. The third-order valence-electron chi connectivity index (χ3n) is 7.51. The zero-order valence-corrected chi connectivity index (χ0v) is 25.0. The third kappa shape index (κ3) is 7.97. The SMILES string of the molecule is CCOc1ccc(-n2c(C(C)N(CCN3CCOCC3)C(=O)Cc3ccc(OC(F)(F)F)cc3)nc3ncccc3c2=O)cc1. The molecule has 1 fully saturated rings. The van der Waals surface area contributed by atoms with E-state index < -0.39 is 12.4 Å². The molecule has 1 unspecified atom stereocenters. The molecule has 1 saturated heterocycles. The van der Waals surface area contributed by atoms with Crippen molar-refractivity contribution in [3.8, 4) is 17.2 Å². The first-order valence-electron chi connectivity index (χ1n) is 14.7. The summed E-state index contributed by atoms with van der Waals surface area (Å²) in [6.07, 6.45) is -3.35. The van der Waals surface area contributed by atoms with Gasteiger partial charge in [-0.25, -0.2) is 9.97 Å². The molecule has 1 aliphatic heterocycles. The molecule has 2 aromatic heterocycles. The minimum absolute atomic E-state index is 0.0845. The number of aromatic nitrogens is 3. The highest BCUT2D eigenvalue weighted by molar-refractivity contribution is 5.79. The lowest BCUT2D eigenvalue weighted by molar-refractivity contribution is -0.274. The van der Waals surface area contributed by atoms with Gasteiger partial charge < -0.3 is 19.1 Å². The van der Waals surface area contributed by atoms with Gasteiger partial charge in [0.2, 0.25) is 5.91 Å². The molecule has 1 amide bonds. The number of pyridine rings is 1. The van der Waals surface area contributed by atoms with E-state index in [9.17, 15) is 22.8 Å². The Morgan fingerprint density at radius 2 is 1.73 bits per heavy atom. The molecule has 5 rings (SSSR count). The van der Waals surface area contributed by atoms with Crippen LogP contribution in [0.15, 0.2) is 71.7 Å². The van der Waals surface area contributed by atoms with E-state index in [0.717, 1.165) is 0 Å². The molecule has 238 valence electrons. The highest BCUT2D eigenvalue weighted by Crippen LogP contribution is 2.26. The van der Waals surface area contributed by atoms with Gasteiger partial charge >= 0.3 is 6.36 Å². The summed E-state index contributed by atoms with van der Waals surface area (Å²) in [7, 11) is 0. The highest BCUT2D eigenvalue weighted by Gasteiger charge is 2.31. The van der Waals surface area contributed by atoms with Gasteiger partial charge in [0.1, 0.15) is 17.3 Å². The number of morpholine rings is 1. The first-order chi connectivity index (χ1) is 21.6. The van der Waals surface area contributed by atoms with Crippen molar-refractivity contribution in [2.75, 3.05) is 46.0 Å². The van der Waals surface area contributed by atoms with Crippen LogP contribution in [-0.2, 0) is 16.0 Å². The number of alkyl halides is 3. The molecule has 0 bridgehead atoms. The Bertz CT molecular complexity index is 1660. The first-order valence-corrected chi connectivity index (χ1v) is 14.7. The monoisotopic (exact) mass is 625 g/mol. The molecule has 0 aliphatic carbocycles. The number of carbonyl (C=O) groups is 1. The fraction of sp³-hybridized carbons (Fsp3) is 0.375. The number of halogens is 3. The number of nitrogens with zero attached hydrogens (tertiary/aromatic N) is 5. The van der Waals surface area contributed by atoms with Crippen LogP contribution in [0.4, 0.5) is 13.2 Å². The number of hydrogen-bond acceptors (Lipinski definition) is 8. The Kier molecular flexibility index (Phi) is 9.99. The van der Waals surface area contributed by atoms with E-state index in [4.69, 9.17) is 14.5 Å². The fourth-order valence-electron chi connectivity index (χ4n) is 5.26. The molecule has 3 heterocycles. The molecular formula is C32H34F3N5O5. The van der Waals surface area contributed by atoms with E-state index in [0.29, 0.717) is 74.2 Å². The topological polar surface area (TPSA) is 99.0 Å². The molecule has 45 heavy (non-hydrogen) atoms. The lowest BCUT2D eigenvalue weighted by Crippen LogP contribution is -2.45. The Hall–Kier alpha value is -4.49. The summed E-state index contributed by atoms with van der Waals surface area (Å²) in [5.41, 5.74) is 0.979. The van der Waals surface area contributed by atoms with Gasteiger partial charge in [-0.1, -0.05) is 12.1 Å². The van der Waals surface area contributed by atoms with Gasteiger partial charge in [0, 0.05) is 32.4 Å². The van der Waals surface area contributed by atoms with E-state index in [2.05, 4.69) is 14.6 Å². The summed E-state index contributed by atoms with van der Waals surface area (Å²) in [6.45, 7) is 7.65. The minimum atomic E-state index is -4.82. The lowest BCUT2D eigenvalue weighted by Gasteiger charge is -2.34. The second-order valence-corrected chi connectivity index (χ2v) is 10.5. The number of rotatable bonds is 11. The normalized spacial score (nSPS) is 14.7. The number of ether oxygens (including phenoxy) is 3. The number of amides is 1. The molecule has 0 saturated carbocycles. The second-order valence-electron chi connectivity index (χ2n) is 10.5. The van der Waals surface area contributed by atoms with Crippen molar-refractivity contribution >= 4 is 16.9 Å². The molecule has 1 aliphatic rings. The van der Waals surface area contributed by atoms with Crippen LogP contribution in [0.25, 0.3) is 16.7 Å². The molecule has 10 nitrogen and oxygen atoms in total. The highest BCUT2D eigenvalue weighted by atomic mass is 19.4. The van der Waals surface area contributed by atoms with Crippen molar-refractivity contribution in [1.82, 2.24) is 24.3 Å². The molecule has 0 spiro atoms. The molecule has 0 N–H and O–H groups in total. The van der Waals surface area contributed by atoms with E-state index in [-0.39, 0.29) is 29.3 Å². The van der Waals surface area contributed by atoms with Gasteiger partial charge in [0.25, 0.3) is 5.56 Å². The smallest absolute Gasteiger partial charge is 0.494 e. The molecule has 4 aromatic rings. The number of hydrogen-bond donors (Lipinski definition) is 0. The van der Waals surface area contributed by atoms with Crippen molar-refractivity contribution < 1.29 is 32.2 Å². The van der Waals surface area contributed by atoms with Crippen molar-refractivity contribution in [3.05, 3.63) is 88.6 Å². The van der Waals surface area contributed by atoms with E-state index in [1.165, 1.54) is 28.8 Å². The van der Waals surface area contributed by atoms with Crippen LogP contribution >= 0.6 is 0 Å². The summed E-state index contributed by atoms with van der Waals surface area (Å²) in [5.74, 6) is 0.310. The molecule has 1 atom stereocenters. The van der Waals surface area contributed by atoms with Crippen LogP contribution < -0.4 is 15.0 Å². The van der Waals surface area contributed by atoms with Gasteiger partial charge in [-0.2, -0.15) is 0 Å². The largest absolute Gasteiger partial charge is 0.573 e. The quantitative estimate of drug-likeness (QED) is 0.240. The lowest BCUT2D eigenvalue weighted by atomic mass is 10.1. The van der Waals surface area contributed by atoms with Crippen molar-refractivity contribution in [3.63, 3.8) is 0 Å². The zero-order chi connectivity index (χ0) is 32.0. The molecule has 13 heteroatoms. The Balaban J connectivity index is 1.51. The van der Waals surface area contributed by atoms with Gasteiger partial charge in [-0.15, -0.1) is 13.2 Å². The number of benzene rings is 2. The van der Waals surface area contributed by atoms with Crippen LogP contribution in [0, 0.1) is 0 Å². The van der Waals surface area contributed by atoms with Gasteiger partial charge in [-0.3, -0.25) is 19.1 Å². The zero-order valence-electron chi connectivity index (χ0n) is 25.0. The average Bonchev–Trinajstić information content (AvgIpc) is 3.02. The average molecular weight is 626 g/mol. The van der Waals surface area contributed by atoms with Gasteiger partial charge in [-0.05, 0) is 67.9 Å². The minimum Gasteiger partial charge on any atom is -0.494 e.